The Bertz CT molecular complexity index is 617. The van der Waals surface area contributed by atoms with Gasteiger partial charge in [0.25, 0.3) is 5.91 Å². The van der Waals surface area contributed by atoms with Crippen LogP contribution < -0.4 is 15.4 Å². The fourth-order valence-electron chi connectivity index (χ4n) is 1.52. The van der Waals surface area contributed by atoms with Gasteiger partial charge in [0.2, 0.25) is 0 Å². The van der Waals surface area contributed by atoms with Gasteiger partial charge in [-0.15, -0.1) is 0 Å². The van der Waals surface area contributed by atoms with Gasteiger partial charge in [0, 0.05) is 10.2 Å². The van der Waals surface area contributed by atoms with Gasteiger partial charge in [-0.1, -0.05) is 34.1 Å². The molecule has 0 unspecified atom stereocenters. The number of rotatable bonds is 4. The topological polar surface area (TPSA) is 50.4 Å². The predicted molar refractivity (Wildman–Crippen MR) is 90.4 cm³/mol. The van der Waals surface area contributed by atoms with Crippen molar-refractivity contribution in [3.63, 3.8) is 0 Å². The van der Waals surface area contributed by atoms with Gasteiger partial charge < -0.3 is 10.1 Å². The van der Waals surface area contributed by atoms with Gasteiger partial charge in [0.05, 0.1) is 0 Å². The van der Waals surface area contributed by atoms with Crippen LogP contribution in [0.15, 0.2) is 59.1 Å². The molecule has 6 heteroatoms. The van der Waals surface area contributed by atoms with Gasteiger partial charge in [-0.3, -0.25) is 10.1 Å². The summed E-state index contributed by atoms with van der Waals surface area (Å²) in [7, 11) is 0. The lowest BCUT2D eigenvalue weighted by atomic mass is 10.3. The molecule has 0 aliphatic carbocycles. The molecule has 2 aromatic rings. The summed E-state index contributed by atoms with van der Waals surface area (Å²) >= 11 is 8.41. The Kier molecular flexibility index (Phi) is 5.71. The largest absolute Gasteiger partial charge is 0.484 e. The number of thiocarbonyl (C=S) groups is 1. The van der Waals surface area contributed by atoms with Gasteiger partial charge in [-0.2, -0.15) is 0 Å². The molecule has 2 N–H and O–H groups in total. The van der Waals surface area contributed by atoms with E-state index in [4.69, 9.17) is 17.0 Å². The molecule has 1 amide bonds. The molecule has 108 valence electrons. The van der Waals surface area contributed by atoms with Crippen molar-refractivity contribution >= 4 is 44.9 Å². The van der Waals surface area contributed by atoms with Gasteiger partial charge in [-0.05, 0) is 48.6 Å². The first-order chi connectivity index (χ1) is 10.1. The average molecular weight is 365 g/mol. The van der Waals surface area contributed by atoms with Crippen molar-refractivity contribution in [2.75, 3.05) is 11.9 Å². The van der Waals surface area contributed by atoms with E-state index in [9.17, 15) is 4.79 Å². The average Bonchev–Trinajstić information content (AvgIpc) is 2.48. The van der Waals surface area contributed by atoms with Crippen molar-refractivity contribution in [3.05, 3.63) is 59.1 Å². The molecule has 0 bridgehead atoms. The second-order valence-corrected chi connectivity index (χ2v) is 5.43. The molecule has 0 fully saturated rings. The lowest BCUT2D eigenvalue weighted by Crippen LogP contribution is -2.37. The van der Waals surface area contributed by atoms with E-state index in [2.05, 4.69) is 26.6 Å². The minimum atomic E-state index is -0.312. The van der Waals surface area contributed by atoms with E-state index in [1.54, 1.807) is 12.1 Å². The molecule has 2 rings (SSSR count). The summed E-state index contributed by atoms with van der Waals surface area (Å²) in [5.74, 6) is 0.327. The number of carbonyl (C=O) groups excluding carboxylic acids is 1. The SMILES string of the molecule is O=C(COc1ccccc1)NC(=S)Nc1ccc(Br)cc1. The van der Waals surface area contributed by atoms with Crippen LogP contribution in [-0.4, -0.2) is 17.6 Å². The van der Waals surface area contributed by atoms with E-state index in [0.29, 0.717) is 5.75 Å². The summed E-state index contributed by atoms with van der Waals surface area (Å²) in [5.41, 5.74) is 0.799. The van der Waals surface area contributed by atoms with E-state index in [1.807, 2.05) is 42.5 Å². The second-order valence-electron chi connectivity index (χ2n) is 4.11. The Balaban J connectivity index is 1.77. The molecular formula is C15H13BrN2O2S. The Morgan fingerprint density at radius 3 is 2.43 bits per heavy atom. The number of anilines is 1. The van der Waals surface area contributed by atoms with Gasteiger partial charge in [-0.25, -0.2) is 0 Å². The molecule has 0 aliphatic rings. The zero-order valence-corrected chi connectivity index (χ0v) is 13.4. The Hall–Kier alpha value is -1.92. The summed E-state index contributed by atoms with van der Waals surface area (Å²) in [4.78, 5) is 11.7. The van der Waals surface area contributed by atoms with E-state index in [0.717, 1.165) is 10.2 Å². The number of para-hydroxylation sites is 1. The minimum Gasteiger partial charge on any atom is -0.484 e. The van der Waals surface area contributed by atoms with Crippen molar-refractivity contribution in [2.45, 2.75) is 0 Å². The Morgan fingerprint density at radius 2 is 1.76 bits per heavy atom. The maximum atomic E-state index is 11.7. The molecule has 0 heterocycles. The van der Waals surface area contributed by atoms with Crippen molar-refractivity contribution in [2.24, 2.45) is 0 Å². The van der Waals surface area contributed by atoms with E-state index in [1.165, 1.54) is 0 Å². The lowest BCUT2D eigenvalue weighted by molar-refractivity contribution is -0.121. The van der Waals surface area contributed by atoms with Gasteiger partial charge >= 0.3 is 0 Å². The second kappa shape index (κ2) is 7.75. The highest BCUT2D eigenvalue weighted by Crippen LogP contribution is 2.13. The molecule has 0 spiro atoms. The zero-order chi connectivity index (χ0) is 15.1. The summed E-state index contributed by atoms with van der Waals surface area (Å²) in [6.07, 6.45) is 0. The molecule has 0 saturated carbocycles. The first-order valence-corrected chi connectivity index (χ1v) is 7.38. The summed E-state index contributed by atoms with van der Waals surface area (Å²) in [5, 5.41) is 5.71. The van der Waals surface area contributed by atoms with Crippen LogP contribution in [0.5, 0.6) is 5.75 Å². The third-order valence-corrected chi connectivity index (χ3v) is 3.20. The molecule has 0 aliphatic heterocycles. The summed E-state index contributed by atoms with van der Waals surface area (Å²) in [6, 6.07) is 16.6. The molecule has 0 atom stereocenters. The van der Waals surface area contributed by atoms with Crippen LogP contribution in [-0.2, 0) is 4.79 Å². The number of ether oxygens (including phenoxy) is 1. The number of hydrogen-bond donors (Lipinski definition) is 2. The molecule has 0 saturated heterocycles. The third kappa shape index (κ3) is 5.53. The van der Waals surface area contributed by atoms with E-state index in [-0.39, 0.29) is 17.6 Å². The van der Waals surface area contributed by atoms with Gasteiger partial charge in [0.15, 0.2) is 11.7 Å². The number of halogens is 1. The molecule has 0 aromatic heterocycles. The van der Waals surface area contributed by atoms with Crippen LogP contribution >= 0.6 is 28.1 Å². The summed E-state index contributed by atoms with van der Waals surface area (Å²) in [6.45, 7) is -0.0911. The zero-order valence-electron chi connectivity index (χ0n) is 11.0. The smallest absolute Gasteiger partial charge is 0.264 e. The van der Waals surface area contributed by atoms with E-state index >= 15 is 0 Å². The number of carbonyl (C=O) groups is 1. The van der Waals surface area contributed by atoms with Crippen molar-refractivity contribution in [1.82, 2.24) is 5.32 Å². The maximum absolute atomic E-state index is 11.7. The van der Waals surface area contributed by atoms with Crippen molar-refractivity contribution in [1.29, 1.82) is 0 Å². The number of amides is 1. The first kappa shape index (κ1) is 15.5. The third-order valence-electron chi connectivity index (χ3n) is 2.47. The summed E-state index contributed by atoms with van der Waals surface area (Å²) < 4.78 is 6.30. The highest BCUT2D eigenvalue weighted by Gasteiger charge is 2.05. The normalized spacial score (nSPS) is 9.76. The van der Waals surface area contributed by atoms with Crippen LogP contribution in [0, 0.1) is 0 Å². The lowest BCUT2D eigenvalue weighted by Gasteiger charge is -2.10. The monoisotopic (exact) mass is 364 g/mol. The van der Waals surface area contributed by atoms with E-state index < -0.39 is 0 Å². The van der Waals surface area contributed by atoms with Crippen LogP contribution in [0.2, 0.25) is 0 Å². The number of benzene rings is 2. The van der Waals surface area contributed by atoms with Crippen LogP contribution in [0.4, 0.5) is 5.69 Å². The molecule has 0 radical (unpaired) electrons. The van der Waals surface area contributed by atoms with Crippen LogP contribution in [0.3, 0.4) is 0 Å². The molecule has 21 heavy (non-hydrogen) atoms. The molecule has 4 nitrogen and oxygen atoms in total. The minimum absolute atomic E-state index is 0.0911. The van der Waals surface area contributed by atoms with Crippen LogP contribution in [0.1, 0.15) is 0 Å². The highest BCUT2D eigenvalue weighted by atomic mass is 79.9. The Morgan fingerprint density at radius 1 is 1.10 bits per heavy atom. The van der Waals surface area contributed by atoms with Crippen LogP contribution in [0.25, 0.3) is 0 Å². The predicted octanol–water partition coefficient (Wildman–Crippen LogP) is 3.34. The molecular weight excluding hydrogens is 352 g/mol. The maximum Gasteiger partial charge on any atom is 0.264 e. The first-order valence-electron chi connectivity index (χ1n) is 6.18. The number of nitrogens with one attached hydrogen (secondary N) is 2. The van der Waals surface area contributed by atoms with Gasteiger partial charge in [0.1, 0.15) is 5.75 Å². The standard InChI is InChI=1S/C15H13BrN2O2S/c16-11-6-8-12(9-7-11)17-15(21)18-14(19)10-20-13-4-2-1-3-5-13/h1-9H,10H2,(H2,17,18,19,21). The number of hydrogen-bond acceptors (Lipinski definition) is 3. The fraction of sp³-hybridized carbons (Fsp3) is 0.0667. The molecule has 2 aromatic carbocycles. The van der Waals surface area contributed by atoms with Crippen molar-refractivity contribution in [3.8, 4) is 5.75 Å². The highest BCUT2D eigenvalue weighted by molar-refractivity contribution is 9.10. The van der Waals surface area contributed by atoms with Crippen molar-refractivity contribution < 1.29 is 9.53 Å². The fourth-order valence-corrected chi connectivity index (χ4v) is 2.02. The quantitative estimate of drug-likeness (QED) is 0.816. The Labute approximate surface area is 136 Å².